The minimum Gasteiger partial charge on any atom is -0.322 e. The monoisotopic (exact) mass is 307 g/mol. The van der Waals surface area contributed by atoms with Crippen LogP contribution in [0.5, 0.6) is 0 Å². The molecule has 0 aliphatic carbocycles. The fourth-order valence-corrected chi connectivity index (χ4v) is 2.23. The SMILES string of the molecule is Cc1cc(F)ccc1NC(=O)c1cncc(-c2ccncc2)c1. The molecule has 0 unspecified atom stereocenters. The molecule has 0 fully saturated rings. The van der Waals surface area contributed by atoms with Gasteiger partial charge in [0.1, 0.15) is 5.82 Å². The summed E-state index contributed by atoms with van der Waals surface area (Å²) >= 11 is 0. The molecule has 1 amide bonds. The predicted octanol–water partition coefficient (Wildman–Crippen LogP) is 3.84. The minimum atomic E-state index is -0.332. The molecule has 2 aromatic heterocycles. The average molecular weight is 307 g/mol. The van der Waals surface area contributed by atoms with E-state index < -0.39 is 0 Å². The van der Waals surface area contributed by atoms with E-state index in [0.29, 0.717) is 16.8 Å². The third-order valence-corrected chi connectivity index (χ3v) is 3.45. The van der Waals surface area contributed by atoms with Gasteiger partial charge in [-0.3, -0.25) is 14.8 Å². The molecule has 1 aromatic carbocycles. The molecule has 1 N–H and O–H groups in total. The number of hydrogen-bond donors (Lipinski definition) is 1. The first-order valence-corrected chi connectivity index (χ1v) is 7.06. The maximum Gasteiger partial charge on any atom is 0.257 e. The van der Waals surface area contributed by atoms with Gasteiger partial charge in [-0.25, -0.2) is 4.39 Å². The van der Waals surface area contributed by atoms with E-state index in [1.165, 1.54) is 18.3 Å². The van der Waals surface area contributed by atoms with Gasteiger partial charge in [0.15, 0.2) is 0 Å². The molecule has 0 bridgehead atoms. The van der Waals surface area contributed by atoms with Crippen molar-refractivity contribution in [2.75, 3.05) is 5.32 Å². The second kappa shape index (κ2) is 6.36. The van der Waals surface area contributed by atoms with Crippen LogP contribution in [0.4, 0.5) is 10.1 Å². The average Bonchev–Trinajstić information content (AvgIpc) is 2.58. The molecule has 0 atom stereocenters. The first-order chi connectivity index (χ1) is 11.1. The Labute approximate surface area is 133 Å². The molecule has 0 aliphatic rings. The highest BCUT2D eigenvalue weighted by molar-refractivity contribution is 6.05. The van der Waals surface area contributed by atoms with Gasteiger partial charge in [-0.15, -0.1) is 0 Å². The van der Waals surface area contributed by atoms with Crippen LogP contribution in [0.3, 0.4) is 0 Å². The van der Waals surface area contributed by atoms with Crippen molar-refractivity contribution in [3.8, 4) is 11.1 Å². The summed E-state index contributed by atoms with van der Waals surface area (Å²) in [6.07, 6.45) is 6.56. The Morgan fingerprint density at radius 2 is 1.78 bits per heavy atom. The quantitative estimate of drug-likeness (QED) is 0.799. The van der Waals surface area contributed by atoms with Crippen LogP contribution in [-0.2, 0) is 0 Å². The summed E-state index contributed by atoms with van der Waals surface area (Å²) in [7, 11) is 0. The number of nitrogens with zero attached hydrogens (tertiary/aromatic N) is 2. The van der Waals surface area contributed by atoms with E-state index >= 15 is 0 Å². The number of pyridine rings is 2. The van der Waals surface area contributed by atoms with Crippen molar-refractivity contribution in [3.63, 3.8) is 0 Å². The second-order valence-electron chi connectivity index (χ2n) is 5.11. The van der Waals surface area contributed by atoms with Gasteiger partial charge in [0.25, 0.3) is 5.91 Å². The lowest BCUT2D eigenvalue weighted by Crippen LogP contribution is -2.13. The summed E-state index contributed by atoms with van der Waals surface area (Å²) in [6, 6.07) is 9.69. The van der Waals surface area contributed by atoms with E-state index in [9.17, 15) is 9.18 Å². The molecule has 114 valence electrons. The molecule has 0 saturated carbocycles. The van der Waals surface area contributed by atoms with Crippen molar-refractivity contribution in [2.24, 2.45) is 0 Å². The lowest BCUT2D eigenvalue weighted by Gasteiger charge is -2.09. The van der Waals surface area contributed by atoms with E-state index in [0.717, 1.165) is 11.1 Å². The molecule has 4 nitrogen and oxygen atoms in total. The van der Waals surface area contributed by atoms with E-state index in [1.54, 1.807) is 37.6 Å². The van der Waals surface area contributed by atoms with E-state index in [4.69, 9.17) is 0 Å². The zero-order chi connectivity index (χ0) is 16.2. The van der Waals surface area contributed by atoms with Crippen LogP contribution in [0.2, 0.25) is 0 Å². The van der Waals surface area contributed by atoms with Crippen LogP contribution in [0.25, 0.3) is 11.1 Å². The van der Waals surface area contributed by atoms with Crippen molar-refractivity contribution < 1.29 is 9.18 Å². The van der Waals surface area contributed by atoms with Crippen LogP contribution >= 0.6 is 0 Å². The highest BCUT2D eigenvalue weighted by Gasteiger charge is 2.10. The molecule has 0 spiro atoms. The van der Waals surface area contributed by atoms with Crippen molar-refractivity contribution in [1.29, 1.82) is 0 Å². The molecule has 0 saturated heterocycles. The Morgan fingerprint density at radius 3 is 2.52 bits per heavy atom. The Balaban J connectivity index is 1.85. The lowest BCUT2D eigenvalue weighted by molar-refractivity contribution is 0.102. The van der Waals surface area contributed by atoms with Crippen molar-refractivity contribution in [3.05, 3.63) is 78.1 Å². The topological polar surface area (TPSA) is 54.9 Å². The number of aryl methyl sites for hydroxylation is 1. The first kappa shape index (κ1) is 14.8. The second-order valence-corrected chi connectivity index (χ2v) is 5.11. The number of carbonyl (C=O) groups excluding carboxylic acids is 1. The van der Waals surface area contributed by atoms with Gasteiger partial charge >= 0.3 is 0 Å². The number of benzene rings is 1. The van der Waals surface area contributed by atoms with Gasteiger partial charge in [-0.1, -0.05) is 0 Å². The Kier molecular flexibility index (Phi) is 4.10. The maximum absolute atomic E-state index is 13.1. The Morgan fingerprint density at radius 1 is 1.00 bits per heavy atom. The molecule has 3 rings (SSSR count). The van der Waals surface area contributed by atoms with Crippen molar-refractivity contribution in [2.45, 2.75) is 6.92 Å². The highest BCUT2D eigenvalue weighted by Crippen LogP contribution is 2.20. The minimum absolute atomic E-state index is 0.289. The van der Waals surface area contributed by atoms with Gasteiger partial charge in [-0.2, -0.15) is 0 Å². The summed E-state index contributed by atoms with van der Waals surface area (Å²) in [5.74, 6) is -0.620. The Bertz CT molecular complexity index is 850. The number of rotatable bonds is 3. The maximum atomic E-state index is 13.1. The molecule has 0 radical (unpaired) electrons. The number of halogens is 1. The zero-order valence-corrected chi connectivity index (χ0v) is 12.5. The molecular formula is C18H14FN3O. The number of amides is 1. The van der Waals surface area contributed by atoms with Crippen LogP contribution in [0.15, 0.2) is 61.2 Å². The first-order valence-electron chi connectivity index (χ1n) is 7.06. The van der Waals surface area contributed by atoms with Crippen LogP contribution in [0, 0.1) is 12.7 Å². The number of carbonyl (C=O) groups is 1. The summed E-state index contributed by atoms with van der Waals surface area (Å²) in [6.45, 7) is 1.74. The normalized spacial score (nSPS) is 10.3. The highest BCUT2D eigenvalue weighted by atomic mass is 19.1. The lowest BCUT2D eigenvalue weighted by atomic mass is 10.1. The molecule has 0 aliphatic heterocycles. The van der Waals surface area contributed by atoms with Crippen LogP contribution in [-0.4, -0.2) is 15.9 Å². The fourth-order valence-electron chi connectivity index (χ4n) is 2.23. The summed E-state index contributed by atoms with van der Waals surface area (Å²) in [4.78, 5) is 20.5. The number of hydrogen-bond acceptors (Lipinski definition) is 3. The summed E-state index contributed by atoms with van der Waals surface area (Å²) < 4.78 is 13.1. The van der Waals surface area contributed by atoms with Gasteiger partial charge in [0.2, 0.25) is 0 Å². The van der Waals surface area contributed by atoms with E-state index in [-0.39, 0.29) is 11.7 Å². The van der Waals surface area contributed by atoms with E-state index in [2.05, 4.69) is 15.3 Å². The fraction of sp³-hybridized carbons (Fsp3) is 0.0556. The van der Waals surface area contributed by atoms with Gasteiger partial charge < -0.3 is 5.32 Å². The largest absolute Gasteiger partial charge is 0.322 e. The number of aromatic nitrogens is 2. The zero-order valence-electron chi connectivity index (χ0n) is 12.5. The third kappa shape index (κ3) is 3.40. The smallest absolute Gasteiger partial charge is 0.257 e. The Hall–Kier alpha value is -3.08. The van der Waals surface area contributed by atoms with Crippen molar-refractivity contribution >= 4 is 11.6 Å². The molecule has 3 aromatic rings. The van der Waals surface area contributed by atoms with E-state index in [1.807, 2.05) is 12.1 Å². The third-order valence-electron chi connectivity index (χ3n) is 3.45. The standard InChI is InChI=1S/C18H14FN3O/c1-12-8-16(19)2-3-17(12)22-18(23)15-9-14(10-21-11-15)13-4-6-20-7-5-13/h2-11H,1H3,(H,22,23). The van der Waals surface area contributed by atoms with Crippen molar-refractivity contribution in [1.82, 2.24) is 9.97 Å². The van der Waals surface area contributed by atoms with Gasteiger partial charge in [0, 0.05) is 36.0 Å². The number of nitrogens with one attached hydrogen (secondary N) is 1. The van der Waals surface area contributed by atoms with Crippen LogP contribution in [0.1, 0.15) is 15.9 Å². The van der Waals surface area contributed by atoms with Gasteiger partial charge in [-0.05, 0) is 54.4 Å². The summed E-state index contributed by atoms with van der Waals surface area (Å²) in [5.41, 5.74) is 3.43. The molecule has 23 heavy (non-hydrogen) atoms. The van der Waals surface area contributed by atoms with Crippen LogP contribution < -0.4 is 5.32 Å². The molecular weight excluding hydrogens is 293 g/mol. The van der Waals surface area contributed by atoms with Gasteiger partial charge in [0.05, 0.1) is 5.56 Å². The molecule has 2 heterocycles. The summed E-state index contributed by atoms with van der Waals surface area (Å²) in [5, 5.41) is 2.77. The number of anilines is 1. The molecule has 5 heteroatoms. The predicted molar refractivity (Wildman–Crippen MR) is 86.6 cm³/mol.